The van der Waals surface area contributed by atoms with Gasteiger partial charge in [0.15, 0.2) is 0 Å². The molecule has 2 unspecified atom stereocenters. The van der Waals surface area contributed by atoms with E-state index in [4.69, 9.17) is 4.42 Å². The Hall–Kier alpha value is -8.54. The van der Waals surface area contributed by atoms with Gasteiger partial charge in [-0.15, -0.1) is 0 Å². The molecule has 0 N–H and O–H groups in total. The van der Waals surface area contributed by atoms with Gasteiger partial charge in [-0.1, -0.05) is 198 Å². The number of rotatable bonds is 13. The molecule has 10 aromatic carbocycles. The molecule has 396 valence electrons. The van der Waals surface area contributed by atoms with Crippen molar-refractivity contribution in [2.45, 2.75) is 103 Å². The van der Waals surface area contributed by atoms with Crippen LogP contribution in [0.2, 0.25) is 0 Å². The molecule has 4 nitrogen and oxygen atoms in total. The number of unbranched alkanes of at least 4 members (excludes halogenated alkanes) is 2. The Morgan fingerprint density at radius 3 is 1.73 bits per heavy atom. The first-order valence-electron chi connectivity index (χ1n) is 30.0. The van der Waals surface area contributed by atoms with Crippen LogP contribution in [0.3, 0.4) is 0 Å². The predicted octanol–water partition coefficient (Wildman–Crippen LogP) is 19.7. The van der Waals surface area contributed by atoms with Gasteiger partial charge in [-0.2, -0.15) is 0 Å². The number of hydrogen-bond acceptors (Lipinski definition) is 4. The van der Waals surface area contributed by atoms with Crippen molar-refractivity contribution in [3.8, 4) is 44.5 Å². The van der Waals surface area contributed by atoms with Crippen molar-refractivity contribution in [1.29, 1.82) is 0 Å². The highest BCUT2D eigenvalue weighted by molar-refractivity contribution is 6.93. The van der Waals surface area contributed by atoms with Crippen LogP contribution in [0.4, 0.5) is 39.8 Å². The number of benzene rings is 10. The number of furan rings is 1. The molecule has 1 aromatic heterocycles. The van der Waals surface area contributed by atoms with E-state index >= 15 is 0 Å². The van der Waals surface area contributed by atoms with E-state index in [0.29, 0.717) is 0 Å². The van der Waals surface area contributed by atoms with E-state index in [0.717, 1.165) is 78.6 Å². The quantitative estimate of drug-likeness (QED) is 0.107. The Balaban J connectivity index is 1.07. The van der Waals surface area contributed by atoms with Crippen LogP contribution in [0.25, 0.3) is 66.4 Å². The molecule has 4 heterocycles. The summed E-state index contributed by atoms with van der Waals surface area (Å²) in [4.78, 5) is 8.17. The molecule has 15 rings (SSSR count). The topological polar surface area (TPSA) is 22.9 Å². The van der Waals surface area contributed by atoms with Crippen molar-refractivity contribution in [2.24, 2.45) is 0 Å². The van der Waals surface area contributed by atoms with Crippen molar-refractivity contribution in [1.82, 2.24) is 0 Å². The molecule has 81 heavy (non-hydrogen) atoms. The lowest BCUT2D eigenvalue weighted by atomic mass is 9.42. The highest BCUT2D eigenvalue weighted by atomic mass is 16.3. The second-order valence-corrected chi connectivity index (χ2v) is 24.0. The SMILES string of the molecule is CCCCc1ccc(N2c3cc4oc5ccccc5c4cc3B3c4c(cc(N(c5ccc(-c6ccccc6)cc5)c5ccc(-c6ccccc6)cc5)cc42)-c2cc(CCCC)cc4c2N3C2(C)CCCCC42C)c(-c2ccccc2)c1. The van der Waals surface area contributed by atoms with E-state index in [2.05, 4.69) is 261 Å². The maximum Gasteiger partial charge on any atom is 0.328 e. The van der Waals surface area contributed by atoms with Crippen LogP contribution in [0, 0.1) is 0 Å². The van der Waals surface area contributed by atoms with E-state index in [-0.39, 0.29) is 17.8 Å². The van der Waals surface area contributed by atoms with Gasteiger partial charge in [0.2, 0.25) is 0 Å². The molecule has 0 saturated heterocycles. The number of fused-ring (bicyclic) bond motifs is 10. The normalized spacial score (nSPS) is 17.5. The van der Waals surface area contributed by atoms with E-state index < -0.39 is 0 Å². The summed E-state index contributed by atoms with van der Waals surface area (Å²) in [7, 11) is 0. The van der Waals surface area contributed by atoms with E-state index in [1.54, 1.807) is 5.56 Å². The third-order valence-corrected chi connectivity index (χ3v) is 19.3. The van der Waals surface area contributed by atoms with Gasteiger partial charge in [0.25, 0.3) is 0 Å². The minimum atomic E-state index is -0.139. The number of nitrogens with zero attached hydrogens (tertiary/aromatic N) is 3. The summed E-state index contributed by atoms with van der Waals surface area (Å²) < 4.78 is 6.97. The third-order valence-electron chi connectivity index (χ3n) is 19.3. The number of anilines is 7. The van der Waals surface area contributed by atoms with Crippen LogP contribution >= 0.6 is 0 Å². The van der Waals surface area contributed by atoms with Gasteiger partial charge in [-0.05, 0) is 167 Å². The molecule has 4 aliphatic rings. The summed E-state index contributed by atoms with van der Waals surface area (Å²) >= 11 is 0. The van der Waals surface area contributed by atoms with Gasteiger partial charge >= 0.3 is 6.85 Å². The molecule has 1 fully saturated rings. The highest BCUT2D eigenvalue weighted by Crippen LogP contribution is 2.64. The van der Waals surface area contributed by atoms with E-state index in [9.17, 15) is 0 Å². The summed E-state index contributed by atoms with van der Waals surface area (Å²) in [5, 5.41) is 2.33. The standard InChI is InChI=1S/C76H68BN3O/c1-5-7-22-51-32-41-68(62(44-51)57-28-16-11-17-29-57)79-69-50-72-63(61-30-18-19-31-71(61)81-72)49-67(69)77-73-64(65-45-52(23-8-6-2)46-66-74(65)80(77)76(4)43-21-20-42-75(66,76)3)47-60(48-70(73)79)78(58-37-33-55(34-38-58)53-24-12-9-13-25-53)59-39-35-56(36-40-59)54-26-14-10-15-27-54/h9-19,24-41,44-50H,5-8,20-23,42-43H2,1-4H3. The number of para-hydroxylation sites is 1. The predicted molar refractivity (Wildman–Crippen MR) is 344 cm³/mol. The van der Waals surface area contributed by atoms with Crippen molar-refractivity contribution in [3.05, 3.63) is 235 Å². The van der Waals surface area contributed by atoms with Crippen LogP contribution in [0.15, 0.2) is 223 Å². The molecule has 1 aliphatic carbocycles. The van der Waals surface area contributed by atoms with Crippen LogP contribution < -0.4 is 25.5 Å². The average Bonchev–Trinajstić information content (AvgIpc) is 3.70. The van der Waals surface area contributed by atoms with Crippen LogP contribution in [0.5, 0.6) is 0 Å². The maximum atomic E-state index is 6.97. The third kappa shape index (κ3) is 7.86. The molecule has 3 aliphatic heterocycles. The van der Waals surface area contributed by atoms with Crippen molar-refractivity contribution >= 4 is 79.5 Å². The highest BCUT2D eigenvalue weighted by Gasteiger charge is 2.63. The van der Waals surface area contributed by atoms with Gasteiger partial charge in [0.05, 0.1) is 5.69 Å². The molecule has 0 bridgehead atoms. The number of aryl methyl sites for hydroxylation is 2. The van der Waals surface area contributed by atoms with Crippen LogP contribution in [0.1, 0.15) is 95.8 Å². The Bertz CT molecular complexity index is 4110. The Labute approximate surface area is 478 Å². The Kier molecular flexibility index (Phi) is 12.0. The molecule has 0 radical (unpaired) electrons. The van der Waals surface area contributed by atoms with Gasteiger partial charge in [0, 0.05) is 73.0 Å². The van der Waals surface area contributed by atoms with Crippen molar-refractivity contribution in [3.63, 3.8) is 0 Å². The second kappa shape index (κ2) is 19.6. The van der Waals surface area contributed by atoms with Gasteiger partial charge in [-0.3, -0.25) is 0 Å². The summed E-state index contributed by atoms with van der Waals surface area (Å²) in [6.45, 7) is 9.84. The molecule has 11 aromatic rings. The zero-order valence-electron chi connectivity index (χ0n) is 47.2. The maximum absolute atomic E-state index is 6.97. The van der Waals surface area contributed by atoms with E-state index in [1.165, 1.54) is 114 Å². The lowest BCUT2D eigenvalue weighted by Crippen LogP contribution is -2.70. The zero-order chi connectivity index (χ0) is 54.4. The first-order valence-corrected chi connectivity index (χ1v) is 30.0. The zero-order valence-corrected chi connectivity index (χ0v) is 47.2. The molecule has 1 saturated carbocycles. The van der Waals surface area contributed by atoms with E-state index in [1.807, 2.05) is 0 Å². The molecule has 0 spiro atoms. The second-order valence-electron chi connectivity index (χ2n) is 24.0. The average molecular weight is 1050 g/mol. The fraction of sp³-hybridized carbons (Fsp3) is 0.211. The minimum absolute atomic E-state index is 0.0475. The smallest absolute Gasteiger partial charge is 0.328 e. The molecule has 0 amide bonds. The summed E-state index contributed by atoms with van der Waals surface area (Å²) in [6.07, 6.45) is 11.5. The Morgan fingerprint density at radius 1 is 0.469 bits per heavy atom. The van der Waals surface area contributed by atoms with Crippen molar-refractivity contribution < 1.29 is 4.42 Å². The first kappa shape index (κ1) is 49.5. The van der Waals surface area contributed by atoms with Gasteiger partial charge in [0.1, 0.15) is 11.2 Å². The molecular weight excluding hydrogens is 982 g/mol. The van der Waals surface area contributed by atoms with Crippen molar-refractivity contribution in [2.75, 3.05) is 14.6 Å². The molecular formula is C76H68BN3O. The summed E-state index contributed by atoms with van der Waals surface area (Å²) in [5.41, 5.74) is 27.0. The fourth-order valence-electron chi connectivity index (χ4n) is 15.0. The van der Waals surface area contributed by atoms with Crippen LogP contribution in [-0.4, -0.2) is 12.4 Å². The summed E-state index contributed by atoms with van der Waals surface area (Å²) in [5.74, 6) is 0. The van der Waals surface area contributed by atoms with Crippen LogP contribution in [-0.2, 0) is 18.3 Å². The number of hydrogen-bond donors (Lipinski definition) is 0. The lowest BCUT2D eigenvalue weighted by molar-refractivity contribution is 0.199. The molecule has 5 heteroatoms. The largest absolute Gasteiger partial charge is 0.456 e. The first-order chi connectivity index (χ1) is 39.8. The van der Waals surface area contributed by atoms with Gasteiger partial charge < -0.3 is 19.0 Å². The Morgan fingerprint density at radius 2 is 1.06 bits per heavy atom. The summed E-state index contributed by atoms with van der Waals surface area (Å²) in [6, 6.07) is 82.6. The fourth-order valence-corrected chi connectivity index (χ4v) is 15.0. The molecule has 2 atom stereocenters. The minimum Gasteiger partial charge on any atom is -0.456 e. The lowest BCUT2D eigenvalue weighted by Gasteiger charge is -2.55. The van der Waals surface area contributed by atoms with Gasteiger partial charge in [-0.25, -0.2) is 0 Å². The monoisotopic (exact) mass is 1050 g/mol.